The molecule has 4 N–H and O–H groups in total. The second-order valence-electron chi connectivity index (χ2n) is 5.85. The van der Waals surface area contributed by atoms with Crippen molar-refractivity contribution in [2.75, 3.05) is 18.1 Å². The van der Waals surface area contributed by atoms with Crippen molar-refractivity contribution < 1.29 is 24.3 Å². The van der Waals surface area contributed by atoms with Gasteiger partial charge in [-0.3, -0.25) is 14.5 Å². The average molecular weight is 423 g/mol. The number of hydrogen-bond donors (Lipinski definition) is 3. The highest BCUT2D eigenvalue weighted by atomic mass is 32.2. The van der Waals surface area contributed by atoms with Crippen LogP contribution in [0.3, 0.4) is 0 Å². The van der Waals surface area contributed by atoms with Crippen molar-refractivity contribution in [1.29, 1.82) is 0 Å². The number of fused-ring (bicyclic) bond motifs is 1. The maximum absolute atomic E-state index is 12.7. The summed E-state index contributed by atoms with van der Waals surface area (Å²) in [6.45, 7) is 4.86. The highest BCUT2D eigenvalue weighted by molar-refractivity contribution is 8.00. The number of nitrogens with one attached hydrogen (secondary N) is 1. The second kappa shape index (κ2) is 8.02. The lowest BCUT2D eigenvalue weighted by Crippen LogP contribution is -2.70. The van der Waals surface area contributed by atoms with E-state index in [1.165, 1.54) is 17.1 Å². The number of rotatable bonds is 7. The molecule has 10 nitrogen and oxygen atoms in total. The average Bonchev–Trinajstić information content (AvgIpc) is 3.08. The number of carboxylic acid groups (broad SMARTS) is 1. The molecule has 0 spiro atoms. The zero-order chi connectivity index (χ0) is 20.4. The van der Waals surface area contributed by atoms with Gasteiger partial charge in [0.05, 0.1) is 0 Å². The number of carboxylic acids is 1. The summed E-state index contributed by atoms with van der Waals surface area (Å²) in [5.41, 5.74) is 7.27. The van der Waals surface area contributed by atoms with Crippen molar-refractivity contribution in [3.63, 3.8) is 0 Å². The Kier molecular flexibility index (Phi) is 5.70. The molecule has 2 atom stereocenters. The predicted octanol–water partition coefficient (Wildman–Crippen LogP) is 0.391. The largest absolute Gasteiger partial charge is 0.479 e. The number of nitrogens with two attached hydrogens (primary N) is 1. The molecule has 1 saturated heterocycles. The van der Waals surface area contributed by atoms with Gasteiger partial charge in [-0.1, -0.05) is 17.8 Å². The van der Waals surface area contributed by atoms with Crippen LogP contribution in [0.5, 0.6) is 0 Å². The molecule has 2 aliphatic heterocycles. The van der Waals surface area contributed by atoms with Crippen molar-refractivity contribution in [1.82, 2.24) is 15.2 Å². The Morgan fingerprint density at radius 3 is 2.96 bits per heavy atom. The zero-order valence-corrected chi connectivity index (χ0v) is 16.4. The van der Waals surface area contributed by atoms with E-state index in [1.54, 1.807) is 11.0 Å². The minimum atomic E-state index is -1.25. The highest BCUT2D eigenvalue weighted by Crippen LogP contribution is 2.40. The number of aromatic nitrogens is 1. The van der Waals surface area contributed by atoms with E-state index >= 15 is 0 Å². The predicted molar refractivity (Wildman–Crippen MR) is 105 cm³/mol. The van der Waals surface area contributed by atoms with Crippen LogP contribution in [-0.2, 0) is 19.2 Å². The Balaban J connectivity index is 1.76. The first kappa shape index (κ1) is 19.9. The van der Waals surface area contributed by atoms with Crippen LogP contribution < -0.4 is 11.1 Å². The topological polar surface area (TPSA) is 147 Å². The van der Waals surface area contributed by atoms with Gasteiger partial charge >= 0.3 is 5.97 Å². The summed E-state index contributed by atoms with van der Waals surface area (Å²) in [5.74, 6) is -1.51. The minimum absolute atomic E-state index is 0.135. The molecule has 2 aliphatic rings. The minimum Gasteiger partial charge on any atom is -0.479 e. The lowest BCUT2D eigenvalue weighted by molar-refractivity contribution is -0.144. The number of amides is 2. The number of hydrogen-bond acceptors (Lipinski definition) is 9. The molecule has 3 heterocycles. The second-order valence-corrected chi connectivity index (χ2v) is 7.85. The monoisotopic (exact) mass is 423 g/mol. The Bertz CT molecular complexity index is 909. The summed E-state index contributed by atoms with van der Waals surface area (Å²) < 4.78 is 0. The van der Waals surface area contributed by atoms with Crippen LogP contribution in [0.2, 0.25) is 0 Å². The number of thiazole rings is 1. The normalized spacial score (nSPS) is 21.7. The number of oxime groups is 1. The number of nitrogen functional groups attached to an aromatic ring is 1. The SMILES string of the molecule is C=CC1=C(C)N2C(=O)C(NC(=O)C(=NOCC(=O)O)c3csc(N)n3)C2SC1. The fourth-order valence-electron chi connectivity index (χ4n) is 2.73. The van der Waals surface area contributed by atoms with Crippen LogP contribution in [0.1, 0.15) is 12.6 Å². The number of carbonyl (C=O) groups excluding carboxylic acids is 2. The number of nitrogens with zero attached hydrogens (tertiary/aromatic N) is 3. The van der Waals surface area contributed by atoms with Gasteiger partial charge in [0.25, 0.3) is 11.8 Å². The lowest BCUT2D eigenvalue weighted by atomic mass is 10.0. The third-order valence-corrected chi connectivity index (χ3v) is 6.11. The summed E-state index contributed by atoms with van der Waals surface area (Å²) in [4.78, 5) is 46.1. The number of allylic oxidation sites excluding steroid dienone is 2. The molecule has 0 bridgehead atoms. The van der Waals surface area contributed by atoms with E-state index in [1.807, 2.05) is 6.92 Å². The quantitative estimate of drug-likeness (QED) is 0.324. The molecular formula is C16H17N5O5S2. The van der Waals surface area contributed by atoms with E-state index in [9.17, 15) is 14.4 Å². The Hall–Kier alpha value is -2.86. The van der Waals surface area contributed by atoms with Crippen molar-refractivity contribution in [3.05, 3.63) is 35.0 Å². The fraction of sp³-hybridized carbons (Fsp3) is 0.312. The van der Waals surface area contributed by atoms with Crippen LogP contribution in [-0.4, -0.2) is 62.3 Å². The standard InChI is InChI=1S/C16H17N5O5S2/c1-3-8-5-27-15-12(14(25)21(15)7(8)2)19-13(24)11(20-26-4-10(22)23)9-6-28-16(17)18-9/h3,6,12,15H,1,4-5H2,2H3,(H2,17,18)(H,19,24)(H,22,23). The van der Waals surface area contributed by atoms with E-state index in [4.69, 9.17) is 10.8 Å². The van der Waals surface area contributed by atoms with Crippen molar-refractivity contribution in [2.24, 2.45) is 5.16 Å². The van der Waals surface area contributed by atoms with Gasteiger partial charge in [-0.25, -0.2) is 9.78 Å². The van der Waals surface area contributed by atoms with Gasteiger partial charge in [-0.2, -0.15) is 0 Å². The van der Waals surface area contributed by atoms with Gasteiger partial charge in [-0.05, 0) is 12.5 Å². The number of thioether (sulfide) groups is 1. The zero-order valence-electron chi connectivity index (χ0n) is 14.7. The van der Waals surface area contributed by atoms with E-state index in [0.29, 0.717) is 5.75 Å². The molecule has 0 radical (unpaired) electrons. The highest BCUT2D eigenvalue weighted by Gasteiger charge is 2.51. The molecular weight excluding hydrogens is 406 g/mol. The van der Waals surface area contributed by atoms with Crippen molar-refractivity contribution in [2.45, 2.75) is 18.3 Å². The third-order valence-electron chi connectivity index (χ3n) is 4.14. The van der Waals surface area contributed by atoms with E-state index < -0.39 is 24.5 Å². The number of anilines is 1. The molecule has 2 unspecified atom stereocenters. The summed E-state index contributed by atoms with van der Waals surface area (Å²) in [6.07, 6.45) is 1.72. The molecule has 148 valence electrons. The van der Waals surface area contributed by atoms with Crippen LogP contribution >= 0.6 is 23.1 Å². The molecule has 3 rings (SSSR count). The van der Waals surface area contributed by atoms with Gasteiger partial charge in [-0.15, -0.1) is 23.1 Å². The van der Waals surface area contributed by atoms with Gasteiger partial charge in [0.15, 0.2) is 10.8 Å². The first-order valence-electron chi connectivity index (χ1n) is 8.04. The van der Waals surface area contributed by atoms with Crippen LogP contribution in [0, 0.1) is 0 Å². The molecule has 1 aromatic rings. The summed E-state index contributed by atoms with van der Waals surface area (Å²) >= 11 is 2.60. The summed E-state index contributed by atoms with van der Waals surface area (Å²) in [6, 6.07) is -0.737. The fourth-order valence-corrected chi connectivity index (χ4v) is 4.74. The lowest BCUT2D eigenvalue weighted by Gasteiger charge is -2.49. The summed E-state index contributed by atoms with van der Waals surface area (Å²) in [7, 11) is 0. The van der Waals surface area contributed by atoms with Crippen molar-refractivity contribution >= 4 is 51.7 Å². The number of β-lactam (4-membered cyclic amide) rings is 1. The Labute approximate surface area is 168 Å². The maximum Gasteiger partial charge on any atom is 0.344 e. The van der Waals surface area contributed by atoms with Crippen LogP contribution in [0.25, 0.3) is 0 Å². The molecule has 28 heavy (non-hydrogen) atoms. The Morgan fingerprint density at radius 1 is 1.61 bits per heavy atom. The van der Waals surface area contributed by atoms with E-state index in [0.717, 1.165) is 22.6 Å². The molecule has 1 fully saturated rings. The van der Waals surface area contributed by atoms with E-state index in [2.05, 4.69) is 26.9 Å². The maximum atomic E-state index is 12.7. The first-order valence-corrected chi connectivity index (χ1v) is 9.97. The summed E-state index contributed by atoms with van der Waals surface area (Å²) in [5, 5.41) is 16.4. The smallest absolute Gasteiger partial charge is 0.344 e. The van der Waals surface area contributed by atoms with Gasteiger partial charge < -0.3 is 21.0 Å². The molecule has 2 amide bonds. The van der Waals surface area contributed by atoms with Crippen LogP contribution in [0.15, 0.2) is 34.5 Å². The third kappa shape index (κ3) is 3.73. The molecule has 0 aliphatic carbocycles. The molecule has 0 aromatic carbocycles. The molecule has 0 saturated carbocycles. The molecule has 12 heteroatoms. The van der Waals surface area contributed by atoms with Crippen molar-refractivity contribution in [3.8, 4) is 0 Å². The Morgan fingerprint density at radius 2 is 2.36 bits per heavy atom. The van der Waals surface area contributed by atoms with Gasteiger partial charge in [0, 0.05) is 16.8 Å². The first-order chi connectivity index (χ1) is 13.3. The van der Waals surface area contributed by atoms with Gasteiger partial charge in [0.2, 0.25) is 6.61 Å². The van der Waals surface area contributed by atoms with Crippen LogP contribution in [0.4, 0.5) is 5.13 Å². The number of aliphatic carboxylic acids is 1. The van der Waals surface area contributed by atoms with Gasteiger partial charge in [0.1, 0.15) is 17.1 Å². The number of carbonyl (C=O) groups is 3. The molecule has 1 aromatic heterocycles. The van der Waals surface area contributed by atoms with E-state index in [-0.39, 0.29) is 27.8 Å².